The van der Waals surface area contributed by atoms with Crippen LogP contribution >= 0.6 is 47.3 Å². The number of hydrogen-bond acceptors (Lipinski definition) is 2. The van der Waals surface area contributed by atoms with Crippen molar-refractivity contribution in [3.63, 3.8) is 0 Å². The zero-order chi connectivity index (χ0) is 15.5. The topological polar surface area (TPSA) is 36.4 Å². The third kappa shape index (κ3) is 8.43. The van der Waals surface area contributed by atoms with Gasteiger partial charge in [-0.3, -0.25) is 4.99 Å². The quantitative estimate of drug-likeness (QED) is 0.267. The van der Waals surface area contributed by atoms with E-state index in [0.717, 1.165) is 18.9 Å². The molecule has 1 rings (SSSR count). The molecule has 0 saturated carbocycles. The predicted molar refractivity (Wildman–Crippen MR) is 108 cm³/mol. The lowest BCUT2D eigenvalue weighted by molar-refractivity contribution is 0.606. The minimum absolute atomic E-state index is 0. The summed E-state index contributed by atoms with van der Waals surface area (Å²) in [5.41, 5.74) is 0.544. The summed E-state index contributed by atoms with van der Waals surface area (Å²) >= 11 is 7.85. The number of benzene rings is 1. The first-order valence-electron chi connectivity index (χ1n) is 7.05. The Bertz CT molecular complexity index is 440. The lowest BCUT2D eigenvalue weighted by Crippen LogP contribution is -2.38. The number of unbranched alkanes of at least 4 members (excludes halogenated alkanes) is 1. The Morgan fingerprint density at radius 2 is 2.00 bits per heavy atom. The van der Waals surface area contributed by atoms with Crippen molar-refractivity contribution in [1.82, 2.24) is 10.6 Å². The van der Waals surface area contributed by atoms with Crippen LogP contribution in [0.5, 0.6) is 0 Å². The van der Waals surface area contributed by atoms with E-state index in [1.165, 1.54) is 18.2 Å². The molecule has 2 N–H and O–H groups in total. The molecule has 126 valence electrons. The molecular weight excluding hydrogens is 436 g/mol. The molecule has 0 aromatic heterocycles. The second-order valence-electron chi connectivity index (χ2n) is 4.58. The molecule has 0 radical (unpaired) electrons. The number of nitrogens with zero attached hydrogens (tertiary/aromatic N) is 1. The van der Waals surface area contributed by atoms with E-state index in [4.69, 9.17) is 11.6 Å². The summed E-state index contributed by atoms with van der Waals surface area (Å²) in [6.45, 7) is 1.48. The van der Waals surface area contributed by atoms with Crippen molar-refractivity contribution in [2.45, 2.75) is 19.3 Å². The highest BCUT2D eigenvalue weighted by Crippen LogP contribution is 2.18. The maximum atomic E-state index is 13.6. The van der Waals surface area contributed by atoms with Crippen LogP contribution < -0.4 is 10.6 Å². The van der Waals surface area contributed by atoms with Gasteiger partial charge in [0, 0.05) is 30.7 Å². The van der Waals surface area contributed by atoms with Gasteiger partial charge in [0.2, 0.25) is 0 Å². The molecule has 7 heteroatoms. The van der Waals surface area contributed by atoms with Crippen molar-refractivity contribution in [2.24, 2.45) is 4.99 Å². The van der Waals surface area contributed by atoms with E-state index < -0.39 is 0 Å². The van der Waals surface area contributed by atoms with Gasteiger partial charge in [-0.25, -0.2) is 4.39 Å². The van der Waals surface area contributed by atoms with Gasteiger partial charge in [0.25, 0.3) is 0 Å². The standard InChI is InChI=1S/C15H23ClFN3S.HI/c1-18-15(19-9-3-4-11-21-2)20-10-8-12-13(16)6-5-7-14(12)17;/h5-7H,3-4,8-11H2,1-2H3,(H2,18,19,20);1H. The Balaban J connectivity index is 0.00000441. The number of aliphatic imine (C=N–C) groups is 1. The second-order valence-corrected chi connectivity index (χ2v) is 5.97. The second kappa shape index (κ2) is 13.2. The molecule has 0 amide bonds. The van der Waals surface area contributed by atoms with Crippen molar-refractivity contribution < 1.29 is 4.39 Å². The number of thioether (sulfide) groups is 1. The summed E-state index contributed by atoms with van der Waals surface area (Å²) < 4.78 is 13.6. The van der Waals surface area contributed by atoms with Gasteiger partial charge in [-0.1, -0.05) is 17.7 Å². The van der Waals surface area contributed by atoms with Gasteiger partial charge in [-0.05, 0) is 43.4 Å². The Labute approximate surface area is 158 Å². The summed E-state index contributed by atoms with van der Waals surface area (Å²) in [5, 5.41) is 6.89. The van der Waals surface area contributed by atoms with Gasteiger partial charge in [-0.15, -0.1) is 24.0 Å². The van der Waals surface area contributed by atoms with Crippen LogP contribution in [0.25, 0.3) is 0 Å². The first kappa shape index (κ1) is 21.8. The number of hydrogen-bond donors (Lipinski definition) is 2. The van der Waals surface area contributed by atoms with Crippen molar-refractivity contribution in [1.29, 1.82) is 0 Å². The molecule has 3 nitrogen and oxygen atoms in total. The Morgan fingerprint density at radius 3 is 2.64 bits per heavy atom. The van der Waals surface area contributed by atoms with Gasteiger partial charge in [0.15, 0.2) is 5.96 Å². The van der Waals surface area contributed by atoms with Crippen LogP contribution in [0, 0.1) is 5.82 Å². The van der Waals surface area contributed by atoms with E-state index in [1.54, 1.807) is 19.2 Å². The molecule has 0 aliphatic carbocycles. The zero-order valence-electron chi connectivity index (χ0n) is 13.0. The highest BCUT2D eigenvalue weighted by molar-refractivity contribution is 14.0. The van der Waals surface area contributed by atoms with Gasteiger partial charge in [0.05, 0.1) is 0 Å². The smallest absolute Gasteiger partial charge is 0.190 e. The SMILES string of the molecule is CN=C(NCCCCSC)NCCc1c(F)cccc1Cl.I. The Kier molecular flexibility index (Phi) is 13.1. The highest BCUT2D eigenvalue weighted by atomic mass is 127. The fourth-order valence-corrected chi connectivity index (χ4v) is 2.63. The molecular formula is C15H24ClFIN3S. The minimum Gasteiger partial charge on any atom is -0.356 e. The fourth-order valence-electron chi connectivity index (χ4n) is 1.88. The summed E-state index contributed by atoms with van der Waals surface area (Å²) in [7, 11) is 1.73. The highest BCUT2D eigenvalue weighted by Gasteiger charge is 2.06. The molecule has 0 spiro atoms. The molecule has 0 atom stereocenters. The van der Waals surface area contributed by atoms with E-state index in [9.17, 15) is 4.39 Å². The van der Waals surface area contributed by atoms with Crippen LogP contribution in [0.1, 0.15) is 18.4 Å². The van der Waals surface area contributed by atoms with E-state index in [0.29, 0.717) is 23.6 Å². The predicted octanol–water partition coefficient (Wildman–Crippen LogP) is 3.95. The van der Waals surface area contributed by atoms with Gasteiger partial charge < -0.3 is 10.6 Å². The van der Waals surface area contributed by atoms with Gasteiger partial charge in [-0.2, -0.15) is 11.8 Å². The molecule has 0 aliphatic rings. The summed E-state index contributed by atoms with van der Waals surface area (Å²) in [6, 6.07) is 4.75. The summed E-state index contributed by atoms with van der Waals surface area (Å²) in [6.07, 6.45) is 4.94. The third-order valence-electron chi connectivity index (χ3n) is 3.02. The molecule has 1 aromatic carbocycles. The van der Waals surface area contributed by atoms with E-state index >= 15 is 0 Å². The van der Waals surface area contributed by atoms with E-state index in [1.807, 2.05) is 11.8 Å². The molecule has 0 heterocycles. The van der Waals surface area contributed by atoms with Crippen molar-refractivity contribution >= 4 is 53.3 Å². The first-order valence-corrected chi connectivity index (χ1v) is 8.82. The lowest BCUT2D eigenvalue weighted by atomic mass is 10.1. The number of rotatable bonds is 8. The van der Waals surface area contributed by atoms with Crippen LogP contribution in [0.4, 0.5) is 4.39 Å². The number of guanidine groups is 1. The molecule has 0 fully saturated rings. The lowest BCUT2D eigenvalue weighted by Gasteiger charge is -2.12. The van der Waals surface area contributed by atoms with Crippen LogP contribution in [0.3, 0.4) is 0 Å². The average molecular weight is 460 g/mol. The van der Waals surface area contributed by atoms with Gasteiger partial charge in [0.1, 0.15) is 5.82 Å². The zero-order valence-corrected chi connectivity index (χ0v) is 16.9. The van der Waals surface area contributed by atoms with Crippen molar-refractivity contribution in [2.75, 3.05) is 32.1 Å². The molecule has 0 saturated heterocycles. The van der Waals surface area contributed by atoms with E-state index in [-0.39, 0.29) is 29.8 Å². The van der Waals surface area contributed by atoms with Crippen LogP contribution in [-0.4, -0.2) is 38.1 Å². The van der Waals surface area contributed by atoms with Crippen LogP contribution in [-0.2, 0) is 6.42 Å². The van der Waals surface area contributed by atoms with Crippen molar-refractivity contribution in [3.05, 3.63) is 34.6 Å². The van der Waals surface area contributed by atoms with Crippen LogP contribution in [0.15, 0.2) is 23.2 Å². The maximum Gasteiger partial charge on any atom is 0.190 e. The summed E-state index contributed by atoms with van der Waals surface area (Å²) in [4.78, 5) is 4.14. The Hall–Kier alpha value is -0.210. The number of halogens is 3. The molecule has 0 aliphatic heterocycles. The normalized spacial score (nSPS) is 11.0. The third-order valence-corrected chi connectivity index (χ3v) is 4.07. The molecule has 1 aromatic rings. The van der Waals surface area contributed by atoms with E-state index in [2.05, 4.69) is 21.9 Å². The molecule has 22 heavy (non-hydrogen) atoms. The largest absolute Gasteiger partial charge is 0.356 e. The average Bonchev–Trinajstić information content (AvgIpc) is 2.48. The fraction of sp³-hybridized carbons (Fsp3) is 0.533. The number of nitrogens with one attached hydrogen (secondary N) is 2. The first-order chi connectivity index (χ1) is 10.2. The molecule has 0 unspecified atom stereocenters. The summed E-state index contributed by atoms with van der Waals surface area (Å²) in [5.74, 6) is 1.66. The minimum atomic E-state index is -0.260. The van der Waals surface area contributed by atoms with Crippen LogP contribution in [0.2, 0.25) is 5.02 Å². The van der Waals surface area contributed by atoms with Crippen molar-refractivity contribution in [3.8, 4) is 0 Å². The van der Waals surface area contributed by atoms with Gasteiger partial charge >= 0.3 is 0 Å². The maximum absolute atomic E-state index is 13.6. The molecule has 0 bridgehead atoms. The Morgan fingerprint density at radius 1 is 1.27 bits per heavy atom. The monoisotopic (exact) mass is 459 g/mol.